The van der Waals surface area contributed by atoms with Gasteiger partial charge >= 0.3 is 12.1 Å². The maximum absolute atomic E-state index is 12.7. The van der Waals surface area contributed by atoms with Crippen LogP contribution in [-0.2, 0) is 9.53 Å². The van der Waals surface area contributed by atoms with Crippen molar-refractivity contribution in [1.29, 1.82) is 0 Å². The van der Waals surface area contributed by atoms with Gasteiger partial charge in [0.25, 0.3) is 0 Å². The second-order valence-electron chi connectivity index (χ2n) is 7.40. The number of carbonyl (C=O) groups is 2. The number of nitrogens with zero attached hydrogens (tertiary/aromatic N) is 2. The van der Waals surface area contributed by atoms with Crippen LogP contribution in [0.1, 0.15) is 47.0 Å². The Hall–Kier alpha value is -1.30. The highest BCUT2D eigenvalue weighted by Gasteiger charge is 2.57. The van der Waals surface area contributed by atoms with Crippen molar-refractivity contribution in [3.63, 3.8) is 0 Å². The van der Waals surface area contributed by atoms with E-state index in [2.05, 4.69) is 4.90 Å². The molecular formula is C16H28N2O4. The molecule has 2 aliphatic heterocycles. The predicted molar refractivity (Wildman–Crippen MR) is 82.8 cm³/mol. The molecule has 2 saturated heterocycles. The maximum Gasteiger partial charge on any atom is 0.411 e. The molecule has 1 N–H and O–H groups in total. The zero-order valence-electron chi connectivity index (χ0n) is 14.1. The number of carboxylic acid groups (broad SMARTS) is 1. The molecule has 3 unspecified atom stereocenters. The largest absolute Gasteiger partial charge is 0.479 e. The Labute approximate surface area is 132 Å². The van der Waals surface area contributed by atoms with Crippen molar-refractivity contribution in [1.82, 2.24) is 9.80 Å². The third-order valence-electron chi connectivity index (χ3n) is 4.67. The molecule has 0 aromatic rings. The number of ether oxygens (including phenoxy) is 1. The number of hydrogen-bond donors (Lipinski definition) is 1. The Morgan fingerprint density at radius 1 is 1.36 bits per heavy atom. The fraction of sp³-hybridized carbons (Fsp3) is 0.875. The van der Waals surface area contributed by atoms with Gasteiger partial charge in [-0.3, -0.25) is 4.90 Å². The van der Waals surface area contributed by atoms with Crippen LogP contribution in [-0.4, -0.2) is 64.3 Å². The Bertz CT molecular complexity index is 446. The molecule has 2 aliphatic rings. The minimum absolute atomic E-state index is 0.0159. The van der Waals surface area contributed by atoms with Crippen molar-refractivity contribution in [2.24, 2.45) is 5.92 Å². The normalized spacial score (nSPS) is 30.9. The first-order valence-electron chi connectivity index (χ1n) is 8.17. The fourth-order valence-electron chi connectivity index (χ4n) is 3.70. The van der Waals surface area contributed by atoms with Crippen molar-refractivity contribution in [2.45, 2.75) is 58.1 Å². The second kappa shape index (κ2) is 6.07. The van der Waals surface area contributed by atoms with E-state index in [4.69, 9.17) is 4.74 Å². The molecule has 0 aromatic heterocycles. The standard InChI is InChI=1S/C16H28N2O4/c1-5-8-18(14(21)22-15(2,3)4)16(13(19)20)7-10-17-9-6-12(16)11-17/h12H,5-11H2,1-4H3,(H,19,20). The fourth-order valence-corrected chi connectivity index (χ4v) is 3.70. The van der Waals surface area contributed by atoms with Gasteiger partial charge in [0.1, 0.15) is 11.1 Å². The van der Waals surface area contributed by atoms with E-state index in [1.54, 1.807) is 20.8 Å². The van der Waals surface area contributed by atoms with Crippen LogP contribution in [0.25, 0.3) is 0 Å². The molecule has 6 nitrogen and oxygen atoms in total. The lowest BCUT2D eigenvalue weighted by atomic mass is 9.77. The zero-order chi connectivity index (χ0) is 16.5. The van der Waals surface area contributed by atoms with Gasteiger partial charge in [-0.2, -0.15) is 0 Å². The Kier molecular flexibility index (Phi) is 4.70. The molecule has 0 radical (unpaired) electrons. The van der Waals surface area contributed by atoms with Crippen LogP contribution in [0.3, 0.4) is 0 Å². The molecule has 2 fully saturated rings. The van der Waals surface area contributed by atoms with Gasteiger partial charge in [0.15, 0.2) is 0 Å². The van der Waals surface area contributed by atoms with E-state index >= 15 is 0 Å². The first-order valence-corrected chi connectivity index (χ1v) is 8.17. The van der Waals surface area contributed by atoms with Crippen molar-refractivity contribution < 1.29 is 19.4 Å². The Morgan fingerprint density at radius 2 is 2.05 bits per heavy atom. The van der Waals surface area contributed by atoms with Crippen LogP contribution < -0.4 is 0 Å². The number of hydrogen-bond acceptors (Lipinski definition) is 4. The number of carboxylic acids is 1. The number of carbonyl (C=O) groups excluding carboxylic acids is 1. The maximum atomic E-state index is 12.7. The third kappa shape index (κ3) is 3.07. The quantitative estimate of drug-likeness (QED) is 0.861. The number of amides is 1. The SMILES string of the molecule is CCCN(C(=O)OC(C)(C)C)C1(C(=O)O)CCN2CCC1C2. The van der Waals surface area contributed by atoms with Crippen molar-refractivity contribution in [3.05, 3.63) is 0 Å². The summed E-state index contributed by atoms with van der Waals surface area (Å²) in [6.07, 6.45) is 1.52. The summed E-state index contributed by atoms with van der Waals surface area (Å²) in [4.78, 5) is 28.6. The van der Waals surface area contributed by atoms with E-state index in [0.29, 0.717) is 19.4 Å². The smallest absolute Gasteiger partial charge is 0.411 e. The van der Waals surface area contributed by atoms with Crippen LogP contribution in [0.2, 0.25) is 0 Å². The summed E-state index contributed by atoms with van der Waals surface area (Å²) >= 11 is 0. The molecule has 0 aliphatic carbocycles. The summed E-state index contributed by atoms with van der Waals surface area (Å²) in [7, 11) is 0. The van der Waals surface area contributed by atoms with Gasteiger partial charge in [-0.1, -0.05) is 6.92 Å². The Morgan fingerprint density at radius 3 is 2.59 bits per heavy atom. The molecule has 0 saturated carbocycles. The number of rotatable bonds is 4. The van der Waals surface area contributed by atoms with Gasteiger partial charge in [0.2, 0.25) is 0 Å². The molecule has 2 heterocycles. The average molecular weight is 312 g/mol. The molecule has 126 valence electrons. The highest BCUT2D eigenvalue weighted by Crippen LogP contribution is 2.41. The van der Waals surface area contributed by atoms with Gasteiger partial charge in [0, 0.05) is 25.6 Å². The van der Waals surface area contributed by atoms with E-state index in [9.17, 15) is 14.7 Å². The van der Waals surface area contributed by atoms with Gasteiger partial charge in [-0.25, -0.2) is 9.59 Å². The minimum Gasteiger partial charge on any atom is -0.479 e. The monoisotopic (exact) mass is 312 g/mol. The average Bonchev–Trinajstić information content (AvgIpc) is 2.78. The molecule has 2 rings (SSSR count). The van der Waals surface area contributed by atoms with Crippen LogP contribution in [0, 0.1) is 5.92 Å². The molecule has 3 atom stereocenters. The lowest BCUT2D eigenvalue weighted by Gasteiger charge is -2.47. The molecule has 0 spiro atoms. The third-order valence-corrected chi connectivity index (χ3v) is 4.67. The van der Waals surface area contributed by atoms with Crippen molar-refractivity contribution in [2.75, 3.05) is 26.2 Å². The lowest BCUT2D eigenvalue weighted by Crippen LogP contribution is -2.65. The minimum atomic E-state index is -1.12. The summed E-state index contributed by atoms with van der Waals surface area (Å²) in [5, 5.41) is 9.99. The van der Waals surface area contributed by atoms with Crippen LogP contribution in [0.5, 0.6) is 0 Å². The van der Waals surface area contributed by atoms with Gasteiger partial charge in [-0.15, -0.1) is 0 Å². The first-order chi connectivity index (χ1) is 10.2. The number of aliphatic carboxylic acids is 1. The van der Waals surface area contributed by atoms with E-state index in [1.807, 2.05) is 6.92 Å². The van der Waals surface area contributed by atoms with Gasteiger partial charge < -0.3 is 14.7 Å². The summed E-state index contributed by atoms with van der Waals surface area (Å²) in [6, 6.07) is 0. The molecule has 0 aromatic carbocycles. The van der Waals surface area contributed by atoms with E-state index < -0.39 is 23.2 Å². The van der Waals surface area contributed by atoms with E-state index in [-0.39, 0.29) is 5.92 Å². The zero-order valence-corrected chi connectivity index (χ0v) is 14.1. The molecule has 1 amide bonds. The summed E-state index contributed by atoms with van der Waals surface area (Å²) < 4.78 is 5.50. The second-order valence-corrected chi connectivity index (χ2v) is 7.40. The predicted octanol–water partition coefficient (Wildman–Crippen LogP) is 2.18. The summed E-state index contributed by atoms with van der Waals surface area (Å²) in [5.41, 5.74) is -1.75. The van der Waals surface area contributed by atoms with Crippen LogP contribution >= 0.6 is 0 Å². The first kappa shape index (κ1) is 17.1. The molecule has 2 bridgehead atoms. The van der Waals surface area contributed by atoms with Crippen LogP contribution in [0.4, 0.5) is 4.79 Å². The van der Waals surface area contributed by atoms with Crippen molar-refractivity contribution >= 4 is 12.1 Å². The summed E-state index contributed by atoms with van der Waals surface area (Å²) in [6.45, 7) is 10.2. The molecule has 6 heteroatoms. The Balaban J connectivity index is 2.33. The molecular weight excluding hydrogens is 284 g/mol. The van der Waals surface area contributed by atoms with Crippen LogP contribution in [0.15, 0.2) is 0 Å². The number of piperidine rings is 1. The molecule has 22 heavy (non-hydrogen) atoms. The van der Waals surface area contributed by atoms with E-state index in [0.717, 1.165) is 26.1 Å². The highest BCUT2D eigenvalue weighted by molar-refractivity contribution is 5.85. The van der Waals surface area contributed by atoms with Gasteiger partial charge in [0.05, 0.1) is 0 Å². The highest BCUT2D eigenvalue weighted by atomic mass is 16.6. The van der Waals surface area contributed by atoms with Crippen molar-refractivity contribution in [3.8, 4) is 0 Å². The van der Waals surface area contributed by atoms with E-state index in [1.165, 1.54) is 4.90 Å². The number of fused-ring (bicyclic) bond motifs is 2. The lowest BCUT2D eigenvalue weighted by molar-refractivity contribution is -0.158. The topological polar surface area (TPSA) is 70.1 Å². The summed E-state index contributed by atoms with van der Waals surface area (Å²) in [5.74, 6) is -0.906. The van der Waals surface area contributed by atoms with Gasteiger partial charge in [-0.05, 0) is 46.6 Å².